The molecule has 1 aromatic carbocycles. The zero-order chi connectivity index (χ0) is 27.3. The first kappa shape index (κ1) is 27.3. The summed E-state index contributed by atoms with van der Waals surface area (Å²) in [5, 5.41) is 6.37. The van der Waals surface area contributed by atoms with E-state index in [1.807, 2.05) is 0 Å². The number of rotatable bonds is 6. The van der Waals surface area contributed by atoms with Gasteiger partial charge in [0.25, 0.3) is 11.8 Å². The normalized spacial score (nSPS) is 18.0. The van der Waals surface area contributed by atoms with Crippen LogP contribution in [0.5, 0.6) is 0 Å². The van der Waals surface area contributed by atoms with Crippen LogP contribution in [-0.4, -0.2) is 83.8 Å². The van der Waals surface area contributed by atoms with Crippen molar-refractivity contribution < 1.29 is 23.9 Å². The van der Waals surface area contributed by atoms with Crippen LogP contribution < -0.4 is 21.3 Å². The molecule has 1 aromatic heterocycles. The molecule has 0 spiro atoms. The third kappa shape index (κ3) is 6.75. The van der Waals surface area contributed by atoms with Gasteiger partial charge in [0, 0.05) is 30.9 Å². The van der Waals surface area contributed by atoms with Gasteiger partial charge in [0.05, 0.1) is 25.5 Å². The third-order valence-corrected chi connectivity index (χ3v) is 6.16. The van der Waals surface area contributed by atoms with Crippen molar-refractivity contribution >= 4 is 35.2 Å². The number of amides is 3. The number of nitrogens with two attached hydrogens (primary N) is 1. The number of hydrogen-bond acceptors (Lipinski definition) is 9. The van der Waals surface area contributed by atoms with Crippen molar-refractivity contribution in [1.29, 1.82) is 0 Å². The Morgan fingerprint density at radius 1 is 1.18 bits per heavy atom. The number of nitrogens with one attached hydrogen (secondary N) is 2. The Bertz CT molecular complexity index is 1150. The van der Waals surface area contributed by atoms with Gasteiger partial charge >= 0.3 is 6.09 Å². The highest BCUT2D eigenvalue weighted by Crippen LogP contribution is 2.26. The summed E-state index contributed by atoms with van der Waals surface area (Å²) >= 11 is 0. The SMILES string of the molecule is CC(C)(C)OC(=O)N(c1cnc(C(N)=O)c(Nc2ccc(C(=O)N3CCOCC3)cc2)n1)[C@@H]1CCCNC1. The molecule has 12 nitrogen and oxygen atoms in total. The van der Waals surface area contributed by atoms with Gasteiger partial charge in [-0.2, -0.15) is 0 Å². The monoisotopic (exact) mass is 525 g/mol. The van der Waals surface area contributed by atoms with Crippen molar-refractivity contribution in [2.75, 3.05) is 49.6 Å². The summed E-state index contributed by atoms with van der Waals surface area (Å²) in [4.78, 5) is 50.2. The fourth-order valence-corrected chi connectivity index (χ4v) is 4.34. The van der Waals surface area contributed by atoms with Crippen molar-refractivity contribution in [3.63, 3.8) is 0 Å². The molecule has 0 aliphatic carbocycles. The second-order valence-electron chi connectivity index (χ2n) is 10.2. The second-order valence-corrected chi connectivity index (χ2v) is 10.2. The number of ether oxygens (including phenoxy) is 2. The van der Waals surface area contributed by atoms with Gasteiger partial charge < -0.3 is 30.7 Å². The average molecular weight is 526 g/mol. The molecule has 3 heterocycles. The van der Waals surface area contributed by atoms with Gasteiger partial charge in [-0.05, 0) is 64.4 Å². The molecule has 4 rings (SSSR count). The summed E-state index contributed by atoms with van der Waals surface area (Å²) in [5.74, 6) is -0.512. The molecule has 2 fully saturated rings. The molecule has 0 unspecified atom stereocenters. The van der Waals surface area contributed by atoms with E-state index in [9.17, 15) is 14.4 Å². The quantitative estimate of drug-likeness (QED) is 0.516. The van der Waals surface area contributed by atoms with E-state index >= 15 is 0 Å². The van der Waals surface area contributed by atoms with Gasteiger partial charge in [-0.1, -0.05) is 0 Å². The Morgan fingerprint density at radius 2 is 1.89 bits per heavy atom. The highest BCUT2D eigenvalue weighted by molar-refractivity contribution is 5.97. The highest BCUT2D eigenvalue weighted by atomic mass is 16.6. The Kier molecular flexibility index (Phi) is 8.42. The van der Waals surface area contributed by atoms with Crippen molar-refractivity contribution in [3.8, 4) is 0 Å². The standard InChI is InChI=1S/C26H35N7O5/c1-26(2,3)38-25(36)33(19-5-4-10-28-15-19)20-16-29-21(22(27)34)23(31-20)30-18-8-6-17(7-9-18)24(35)32-11-13-37-14-12-32/h6-9,16,19,28H,4-5,10-15H2,1-3H3,(H2,27,34)(H,30,31)/t19-/m1/s1. The minimum absolute atomic E-state index is 0.0754. The number of carbonyl (C=O) groups excluding carboxylic acids is 3. The zero-order valence-electron chi connectivity index (χ0n) is 22.0. The Labute approximate surface area is 221 Å². The number of hydrogen-bond donors (Lipinski definition) is 3. The lowest BCUT2D eigenvalue weighted by Crippen LogP contribution is -2.51. The molecule has 3 amide bonds. The van der Waals surface area contributed by atoms with Crippen LogP contribution in [0.4, 0.5) is 22.1 Å². The minimum atomic E-state index is -0.770. The van der Waals surface area contributed by atoms with Crippen LogP contribution in [0.1, 0.15) is 54.5 Å². The molecule has 38 heavy (non-hydrogen) atoms. The summed E-state index contributed by atoms with van der Waals surface area (Å²) in [6.07, 6.45) is 2.45. The predicted molar refractivity (Wildman–Crippen MR) is 142 cm³/mol. The van der Waals surface area contributed by atoms with E-state index in [4.69, 9.17) is 15.2 Å². The largest absolute Gasteiger partial charge is 0.443 e. The molecule has 4 N–H and O–H groups in total. The lowest BCUT2D eigenvalue weighted by molar-refractivity contribution is 0.0303. The molecular formula is C26H35N7O5. The third-order valence-electron chi connectivity index (χ3n) is 6.16. The molecule has 12 heteroatoms. The first-order chi connectivity index (χ1) is 18.1. The van der Waals surface area contributed by atoms with Crippen LogP contribution in [0.15, 0.2) is 30.5 Å². The van der Waals surface area contributed by atoms with Gasteiger partial charge in [-0.15, -0.1) is 0 Å². The van der Waals surface area contributed by atoms with Crippen molar-refractivity contribution in [1.82, 2.24) is 20.2 Å². The molecule has 2 aliphatic rings. The number of nitrogens with zero attached hydrogens (tertiary/aromatic N) is 4. The van der Waals surface area contributed by atoms with Gasteiger partial charge in [0.2, 0.25) is 0 Å². The molecule has 204 valence electrons. The molecule has 2 aromatic rings. The minimum Gasteiger partial charge on any atom is -0.443 e. The summed E-state index contributed by atoms with van der Waals surface area (Å²) < 4.78 is 11.0. The summed E-state index contributed by atoms with van der Waals surface area (Å²) in [6, 6.07) is 6.61. The second kappa shape index (κ2) is 11.7. The molecule has 2 saturated heterocycles. The van der Waals surface area contributed by atoms with Crippen LogP contribution in [0.3, 0.4) is 0 Å². The van der Waals surface area contributed by atoms with Gasteiger partial charge in [-0.3, -0.25) is 14.5 Å². The van der Waals surface area contributed by atoms with E-state index in [2.05, 4.69) is 20.6 Å². The fraction of sp³-hybridized carbons (Fsp3) is 0.500. The van der Waals surface area contributed by atoms with E-state index in [1.54, 1.807) is 49.9 Å². The lowest BCUT2D eigenvalue weighted by atomic mass is 10.1. The molecule has 2 aliphatic heterocycles. The maximum Gasteiger partial charge on any atom is 0.416 e. The molecule has 1 atom stereocenters. The van der Waals surface area contributed by atoms with E-state index in [0.29, 0.717) is 44.1 Å². The summed E-state index contributed by atoms with van der Waals surface area (Å²) in [6.45, 7) is 8.96. The number of aromatic nitrogens is 2. The molecular weight excluding hydrogens is 490 g/mol. The van der Waals surface area contributed by atoms with E-state index < -0.39 is 17.6 Å². The highest BCUT2D eigenvalue weighted by Gasteiger charge is 2.32. The summed E-state index contributed by atoms with van der Waals surface area (Å²) in [5.41, 5.74) is 5.89. The first-order valence-corrected chi connectivity index (χ1v) is 12.8. The molecule has 0 bridgehead atoms. The molecule has 0 saturated carbocycles. The van der Waals surface area contributed by atoms with Crippen molar-refractivity contribution in [3.05, 3.63) is 41.7 Å². The van der Waals surface area contributed by atoms with Gasteiger partial charge in [-0.25, -0.2) is 14.8 Å². The maximum atomic E-state index is 13.2. The number of primary amides is 1. The Balaban J connectivity index is 1.60. The fourth-order valence-electron chi connectivity index (χ4n) is 4.34. The predicted octanol–water partition coefficient (Wildman–Crippen LogP) is 2.29. The number of morpholine rings is 1. The van der Waals surface area contributed by atoms with Gasteiger partial charge in [0.15, 0.2) is 17.3 Å². The van der Waals surface area contributed by atoms with Gasteiger partial charge in [0.1, 0.15) is 5.60 Å². The average Bonchev–Trinajstić information content (AvgIpc) is 2.89. The lowest BCUT2D eigenvalue weighted by Gasteiger charge is -2.35. The number of anilines is 3. The number of piperidine rings is 1. The summed E-state index contributed by atoms with van der Waals surface area (Å²) in [7, 11) is 0. The van der Waals surface area contributed by atoms with E-state index in [-0.39, 0.29) is 29.3 Å². The van der Waals surface area contributed by atoms with E-state index in [1.165, 1.54) is 11.1 Å². The van der Waals surface area contributed by atoms with Crippen LogP contribution in [-0.2, 0) is 9.47 Å². The molecule has 0 radical (unpaired) electrons. The van der Waals surface area contributed by atoms with Crippen LogP contribution in [0, 0.1) is 0 Å². The van der Waals surface area contributed by atoms with Crippen LogP contribution in [0.2, 0.25) is 0 Å². The number of carbonyl (C=O) groups is 3. The Morgan fingerprint density at radius 3 is 2.50 bits per heavy atom. The smallest absolute Gasteiger partial charge is 0.416 e. The van der Waals surface area contributed by atoms with Crippen molar-refractivity contribution in [2.24, 2.45) is 5.73 Å². The first-order valence-electron chi connectivity index (χ1n) is 12.8. The zero-order valence-corrected chi connectivity index (χ0v) is 22.0. The topological polar surface area (TPSA) is 152 Å². The van der Waals surface area contributed by atoms with E-state index in [0.717, 1.165) is 19.4 Å². The Hall–Kier alpha value is -3.77. The van der Waals surface area contributed by atoms with Crippen LogP contribution in [0.25, 0.3) is 0 Å². The van der Waals surface area contributed by atoms with Crippen molar-refractivity contribution in [2.45, 2.75) is 45.3 Å². The van der Waals surface area contributed by atoms with Crippen LogP contribution >= 0.6 is 0 Å². The number of benzene rings is 1. The maximum absolute atomic E-state index is 13.2.